The molecule has 1 atom stereocenters. The van der Waals surface area contributed by atoms with Crippen molar-refractivity contribution in [3.63, 3.8) is 0 Å². The number of hydrogen-bond donors (Lipinski definition) is 0. The number of hydrogen-bond acceptors (Lipinski definition) is 1. The van der Waals surface area contributed by atoms with Gasteiger partial charge in [-0.05, 0) is 56.8 Å². The third-order valence-corrected chi connectivity index (χ3v) is 5.45. The van der Waals surface area contributed by atoms with Crippen LogP contribution in [-0.2, 0) is 4.79 Å². The van der Waals surface area contributed by atoms with Crippen molar-refractivity contribution in [2.24, 2.45) is 17.8 Å². The van der Waals surface area contributed by atoms with E-state index >= 15 is 0 Å². The van der Waals surface area contributed by atoms with Crippen LogP contribution in [-0.4, -0.2) is 5.78 Å². The number of carbonyl (C=O) groups excluding carboxylic acids is 1. The molecule has 0 N–H and O–H groups in total. The van der Waals surface area contributed by atoms with Crippen LogP contribution >= 0.6 is 0 Å². The van der Waals surface area contributed by atoms with E-state index in [1.807, 2.05) is 6.92 Å². The Balaban J connectivity index is 2.42. The number of ketones is 1. The van der Waals surface area contributed by atoms with E-state index in [0.717, 1.165) is 37.5 Å². The van der Waals surface area contributed by atoms with Gasteiger partial charge in [0.15, 0.2) is 0 Å². The Kier molecular flexibility index (Phi) is 11.9. The van der Waals surface area contributed by atoms with Crippen molar-refractivity contribution >= 4 is 5.78 Å². The molecule has 0 bridgehead atoms. The molecular weight excluding hydrogens is 292 g/mol. The van der Waals surface area contributed by atoms with E-state index < -0.39 is 0 Å². The molecule has 1 fully saturated rings. The van der Waals surface area contributed by atoms with Crippen LogP contribution in [0, 0.1) is 17.8 Å². The van der Waals surface area contributed by atoms with Gasteiger partial charge < -0.3 is 0 Å². The summed E-state index contributed by atoms with van der Waals surface area (Å²) in [5.41, 5.74) is 0. The van der Waals surface area contributed by atoms with E-state index in [4.69, 9.17) is 0 Å². The van der Waals surface area contributed by atoms with Crippen LogP contribution in [0.4, 0.5) is 0 Å². The van der Waals surface area contributed by atoms with E-state index in [9.17, 15) is 4.79 Å². The number of Topliss-reactive ketones (excluding diaryl/α,β-unsaturated/α-hetero) is 1. The Morgan fingerprint density at radius 3 is 2.54 bits per heavy atom. The first-order valence-corrected chi connectivity index (χ1v) is 10.5. The van der Waals surface area contributed by atoms with Gasteiger partial charge in [0.05, 0.1) is 0 Å². The van der Waals surface area contributed by atoms with Gasteiger partial charge in [-0.15, -0.1) is 0 Å². The highest BCUT2D eigenvalue weighted by Gasteiger charge is 2.17. The normalized spacial score (nSPS) is 23.1. The first-order valence-electron chi connectivity index (χ1n) is 10.5. The van der Waals surface area contributed by atoms with Gasteiger partial charge in [-0.1, -0.05) is 70.3 Å². The van der Waals surface area contributed by atoms with Crippen LogP contribution in [0.1, 0.15) is 97.8 Å². The van der Waals surface area contributed by atoms with Gasteiger partial charge >= 0.3 is 0 Å². The van der Waals surface area contributed by atoms with Gasteiger partial charge in [-0.2, -0.15) is 0 Å². The van der Waals surface area contributed by atoms with Crippen LogP contribution in [0.5, 0.6) is 0 Å². The minimum atomic E-state index is 0.461. The van der Waals surface area contributed by atoms with Gasteiger partial charge in [-0.3, -0.25) is 4.79 Å². The fraction of sp³-hybridized carbons (Fsp3) is 0.783. The van der Waals surface area contributed by atoms with Gasteiger partial charge in [0.1, 0.15) is 5.78 Å². The lowest BCUT2D eigenvalue weighted by molar-refractivity contribution is -0.119. The second kappa shape index (κ2) is 13.4. The molecule has 1 unspecified atom stereocenters. The molecule has 1 heteroatoms. The molecule has 0 aliphatic heterocycles. The third kappa shape index (κ3) is 10.1. The second-order valence-corrected chi connectivity index (χ2v) is 7.86. The lowest BCUT2D eigenvalue weighted by Gasteiger charge is -2.24. The molecule has 0 aromatic heterocycles. The predicted octanol–water partition coefficient (Wildman–Crippen LogP) is 7.27. The van der Waals surface area contributed by atoms with Crippen molar-refractivity contribution in [2.45, 2.75) is 97.8 Å². The molecule has 0 heterocycles. The van der Waals surface area contributed by atoms with Crippen molar-refractivity contribution in [1.82, 2.24) is 0 Å². The van der Waals surface area contributed by atoms with Crippen molar-refractivity contribution in [3.8, 4) is 0 Å². The highest BCUT2D eigenvalue weighted by Crippen LogP contribution is 2.30. The fourth-order valence-electron chi connectivity index (χ4n) is 3.69. The van der Waals surface area contributed by atoms with Crippen molar-refractivity contribution in [1.29, 1.82) is 0 Å². The number of allylic oxidation sites excluding steroid dienone is 4. The maximum absolute atomic E-state index is 12.3. The zero-order chi connectivity index (χ0) is 17.6. The Hall–Kier alpha value is -0.850. The van der Waals surface area contributed by atoms with E-state index in [2.05, 4.69) is 38.2 Å². The molecule has 1 saturated carbocycles. The Bertz CT molecular complexity index is 371. The number of carbonyl (C=O) groups is 1. The summed E-state index contributed by atoms with van der Waals surface area (Å²) in [6.07, 6.45) is 23.1. The van der Waals surface area contributed by atoms with E-state index in [1.165, 1.54) is 51.4 Å². The molecule has 0 aromatic carbocycles. The summed E-state index contributed by atoms with van der Waals surface area (Å²) in [5, 5.41) is 0. The largest absolute Gasteiger partial charge is 0.300 e. The lowest BCUT2D eigenvalue weighted by Crippen LogP contribution is -2.11. The van der Waals surface area contributed by atoms with Crippen LogP contribution in [0.2, 0.25) is 0 Å². The first kappa shape index (κ1) is 21.2. The van der Waals surface area contributed by atoms with Gasteiger partial charge in [0.2, 0.25) is 0 Å². The Morgan fingerprint density at radius 2 is 1.88 bits per heavy atom. The summed E-state index contributed by atoms with van der Waals surface area (Å²) in [7, 11) is 0. The van der Waals surface area contributed by atoms with E-state index in [1.54, 1.807) is 0 Å². The minimum Gasteiger partial charge on any atom is -0.300 e. The Labute approximate surface area is 151 Å². The molecule has 0 amide bonds. The third-order valence-electron chi connectivity index (χ3n) is 5.45. The first-order chi connectivity index (χ1) is 11.7. The summed E-state index contributed by atoms with van der Waals surface area (Å²) in [5.74, 6) is 2.61. The maximum Gasteiger partial charge on any atom is 0.133 e. The summed E-state index contributed by atoms with van der Waals surface area (Å²) in [4.78, 5) is 12.3. The zero-order valence-corrected chi connectivity index (χ0v) is 16.4. The molecule has 0 aromatic rings. The highest BCUT2D eigenvalue weighted by molar-refractivity contribution is 5.78. The smallest absolute Gasteiger partial charge is 0.133 e. The monoisotopic (exact) mass is 332 g/mol. The SMILES string of the molecule is C/C=C\CCCC(=O)CC(/C=C/C1CCC(C)CC1)CCCCC. The van der Waals surface area contributed by atoms with Crippen molar-refractivity contribution in [2.75, 3.05) is 0 Å². The quantitative estimate of drug-likeness (QED) is 0.271. The average Bonchev–Trinajstić information content (AvgIpc) is 2.58. The fourth-order valence-corrected chi connectivity index (χ4v) is 3.69. The van der Waals surface area contributed by atoms with Gasteiger partial charge in [0, 0.05) is 12.8 Å². The standard InChI is InChI=1S/C23H40O/c1-4-6-8-10-12-23(24)19-22(11-9-7-5-2)18-17-21-15-13-20(3)14-16-21/h4,6,17-18,20-22H,5,7-16,19H2,1-3H3/b6-4-,18-17+. The van der Waals surface area contributed by atoms with E-state index in [0.29, 0.717) is 11.7 Å². The molecule has 1 aliphatic carbocycles. The van der Waals surface area contributed by atoms with Gasteiger partial charge in [-0.25, -0.2) is 0 Å². The number of unbranched alkanes of at least 4 members (excludes halogenated alkanes) is 3. The van der Waals surface area contributed by atoms with Crippen molar-refractivity contribution < 1.29 is 4.79 Å². The van der Waals surface area contributed by atoms with Crippen molar-refractivity contribution in [3.05, 3.63) is 24.3 Å². The van der Waals surface area contributed by atoms with Crippen LogP contribution < -0.4 is 0 Å². The predicted molar refractivity (Wildman–Crippen MR) is 106 cm³/mol. The van der Waals surface area contributed by atoms with Crippen LogP contribution in [0.25, 0.3) is 0 Å². The summed E-state index contributed by atoms with van der Waals surface area (Å²) >= 11 is 0. The number of rotatable bonds is 12. The molecule has 1 rings (SSSR count). The summed E-state index contributed by atoms with van der Waals surface area (Å²) in [6.45, 7) is 6.67. The highest BCUT2D eigenvalue weighted by atomic mass is 16.1. The topological polar surface area (TPSA) is 17.1 Å². The summed E-state index contributed by atoms with van der Waals surface area (Å²) in [6, 6.07) is 0. The molecule has 1 aliphatic rings. The Morgan fingerprint density at radius 1 is 1.12 bits per heavy atom. The van der Waals surface area contributed by atoms with Gasteiger partial charge in [0.25, 0.3) is 0 Å². The molecule has 24 heavy (non-hydrogen) atoms. The molecular formula is C23H40O. The minimum absolute atomic E-state index is 0.461. The van der Waals surface area contributed by atoms with Crippen LogP contribution in [0.3, 0.4) is 0 Å². The summed E-state index contributed by atoms with van der Waals surface area (Å²) < 4.78 is 0. The lowest BCUT2D eigenvalue weighted by atomic mass is 9.82. The maximum atomic E-state index is 12.3. The van der Waals surface area contributed by atoms with Crippen LogP contribution in [0.15, 0.2) is 24.3 Å². The van der Waals surface area contributed by atoms with E-state index in [-0.39, 0.29) is 0 Å². The molecule has 1 nitrogen and oxygen atoms in total. The molecule has 138 valence electrons. The molecule has 0 radical (unpaired) electrons. The molecule has 0 saturated heterocycles. The second-order valence-electron chi connectivity index (χ2n) is 7.86. The average molecular weight is 333 g/mol. The molecule has 0 spiro atoms. The zero-order valence-electron chi connectivity index (χ0n) is 16.4.